The van der Waals surface area contributed by atoms with Gasteiger partial charge in [0.2, 0.25) is 0 Å². The Hall–Kier alpha value is -1.08. The number of hydrogen-bond acceptors (Lipinski definition) is 1. The molecule has 1 nitrogen and oxygen atoms in total. The molecule has 16 heavy (non-hydrogen) atoms. The van der Waals surface area contributed by atoms with Gasteiger partial charge < -0.3 is 0 Å². The maximum atomic E-state index is 3.83. The molecule has 0 spiro atoms. The molecule has 0 aliphatic carbocycles. The van der Waals surface area contributed by atoms with Crippen molar-refractivity contribution in [2.75, 3.05) is 6.54 Å². The molecule has 0 radical (unpaired) electrons. The van der Waals surface area contributed by atoms with Crippen LogP contribution >= 0.6 is 0 Å². The van der Waals surface area contributed by atoms with E-state index in [9.17, 15) is 0 Å². The van der Waals surface area contributed by atoms with Crippen LogP contribution in [0.15, 0.2) is 30.9 Å². The summed E-state index contributed by atoms with van der Waals surface area (Å²) in [6.45, 7) is 10.6. The van der Waals surface area contributed by atoms with Gasteiger partial charge in [-0.05, 0) is 43.4 Å². The van der Waals surface area contributed by atoms with Crippen molar-refractivity contribution in [3.63, 3.8) is 0 Å². The molecular weight excluding hydrogens is 194 g/mol. The average molecular weight is 215 g/mol. The molecule has 0 bridgehead atoms. The Kier molecular flexibility index (Phi) is 3.45. The van der Waals surface area contributed by atoms with Crippen LogP contribution < -0.4 is 0 Å². The van der Waals surface area contributed by atoms with Crippen molar-refractivity contribution in [2.24, 2.45) is 0 Å². The van der Waals surface area contributed by atoms with E-state index in [1.165, 1.54) is 24.1 Å². The molecule has 0 N–H and O–H groups in total. The smallest absolute Gasteiger partial charge is 0.0239 e. The molecular formula is C15H21N. The van der Waals surface area contributed by atoms with E-state index in [0.29, 0.717) is 6.04 Å². The molecule has 1 heterocycles. The number of benzene rings is 1. The van der Waals surface area contributed by atoms with E-state index in [0.717, 1.165) is 13.0 Å². The lowest BCUT2D eigenvalue weighted by atomic mass is 9.94. The molecule has 1 heteroatoms. The van der Waals surface area contributed by atoms with Crippen LogP contribution in [-0.4, -0.2) is 17.5 Å². The van der Waals surface area contributed by atoms with Crippen LogP contribution in [0.1, 0.15) is 30.0 Å². The van der Waals surface area contributed by atoms with Gasteiger partial charge in [-0.15, -0.1) is 6.58 Å². The van der Waals surface area contributed by atoms with Crippen LogP contribution in [0.2, 0.25) is 0 Å². The second-order valence-corrected chi connectivity index (χ2v) is 4.81. The third kappa shape index (κ3) is 2.19. The first-order valence-electron chi connectivity index (χ1n) is 6.14. The first kappa shape index (κ1) is 11.4. The number of aryl methyl sites for hydroxylation is 1. The van der Waals surface area contributed by atoms with Crippen molar-refractivity contribution in [1.29, 1.82) is 0 Å². The van der Waals surface area contributed by atoms with Gasteiger partial charge >= 0.3 is 0 Å². The van der Waals surface area contributed by atoms with Crippen molar-refractivity contribution < 1.29 is 0 Å². The van der Waals surface area contributed by atoms with Gasteiger partial charge in [-0.1, -0.05) is 24.3 Å². The quantitative estimate of drug-likeness (QED) is 0.699. The minimum Gasteiger partial charge on any atom is -0.296 e. The molecule has 1 aromatic rings. The zero-order valence-corrected chi connectivity index (χ0v) is 10.4. The lowest BCUT2D eigenvalue weighted by molar-refractivity contribution is 0.191. The van der Waals surface area contributed by atoms with Gasteiger partial charge in [-0.3, -0.25) is 4.90 Å². The van der Waals surface area contributed by atoms with Gasteiger partial charge in [0.05, 0.1) is 0 Å². The molecule has 0 aromatic heterocycles. The van der Waals surface area contributed by atoms with E-state index < -0.39 is 0 Å². The molecule has 0 amide bonds. The molecule has 1 aromatic carbocycles. The van der Waals surface area contributed by atoms with Crippen LogP contribution in [0.25, 0.3) is 0 Å². The molecule has 0 saturated heterocycles. The van der Waals surface area contributed by atoms with Gasteiger partial charge in [-0.25, -0.2) is 0 Å². The number of rotatable bonds is 3. The Bertz CT molecular complexity index is 381. The molecule has 2 rings (SSSR count). The first-order valence-corrected chi connectivity index (χ1v) is 6.14. The summed E-state index contributed by atoms with van der Waals surface area (Å²) in [6.07, 6.45) is 4.31. The van der Waals surface area contributed by atoms with Gasteiger partial charge in [0, 0.05) is 19.1 Å². The largest absolute Gasteiger partial charge is 0.296 e. The molecule has 1 aliphatic heterocycles. The standard InChI is InChI=1S/C15H21N/c1-4-6-13(3)16-10-9-15-12(2)7-5-8-14(15)11-16/h4-5,7-8,13H,1,6,9-11H2,2-3H3. The highest BCUT2D eigenvalue weighted by Gasteiger charge is 2.20. The summed E-state index contributed by atoms with van der Waals surface area (Å²) in [7, 11) is 0. The van der Waals surface area contributed by atoms with E-state index in [1.807, 2.05) is 6.08 Å². The fourth-order valence-corrected chi connectivity index (χ4v) is 2.59. The van der Waals surface area contributed by atoms with Crippen molar-refractivity contribution in [1.82, 2.24) is 4.90 Å². The summed E-state index contributed by atoms with van der Waals surface area (Å²) in [6, 6.07) is 7.29. The fraction of sp³-hybridized carbons (Fsp3) is 0.467. The minimum atomic E-state index is 0.617. The van der Waals surface area contributed by atoms with Crippen LogP contribution in [0, 0.1) is 6.92 Å². The third-order valence-electron chi connectivity index (χ3n) is 3.66. The zero-order valence-electron chi connectivity index (χ0n) is 10.4. The topological polar surface area (TPSA) is 3.24 Å². The minimum absolute atomic E-state index is 0.617. The fourth-order valence-electron chi connectivity index (χ4n) is 2.59. The highest BCUT2D eigenvalue weighted by Crippen LogP contribution is 2.23. The van der Waals surface area contributed by atoms with Crippen molar-refractivity contribution in [3.8, 4) is 0 Å². The average Bonchev–Trinajstić information content (AvgIpc) is 2.29. The molecule has 0 fully saturated rings. The van der Waals surface area contributed by atoms with Crippen LogP contribution in [0.3, 0.4) is 0 Å². The Morgan fingerprint density at radius 1 is 1.50 bits per heavy atom. The van der Waals surface area contributed by atoms with Gasteiger partial charge in [0.15, 0.2) is 0 Å². The van der Waals surface area contributed by atoms with Gasteiger partial charge in [0.25, 0.3) is 0 Å². The maximum Gasteiger partial charge on any atom is 0.0239 e. The van der Waals surface area contributed by atoms with E-state index >= 15 is 0 Å². The molecule has 1 aliphatic rings. The van der Waals surface area contributed by atoms with Crippen molar-refractivity contribution in [2.45, 2.75) is 39.3 Å². The van der Waals surface area contributed by atoms with Crippen LogP contribution in [0.4, 0.5) is 0 Å². The summed E-state index contributed by atoms with van der Waals surface area (Å²) in [4.78, 5) is 2.56. The number of nitrogens with zero attached hydrogens (tertiary/aromatic N) is 1. The zero-order chi connectivity index (χ0) is 11.5. The van der Waals surface area contributed by atoms with Crippen molar-refractivity contribution >= 4 is 0 Å². The summed E-state index contributed by atoms with van der Waals surface area (Å²) >= 11 is 0. The number of fused-ring (bicyclic) bond motifs is 1. The lowest BCUT2D eigenvalue weighted by Gasteiger charge is -2.34. The normalized spacial score (nSPS) is 17.9. The maximum absolute atomic E-state index is 3.83. The first-order chi connectivity index (χ1) is 7.72. The Labute approximate surface area is 98.8 Å². The molecule has 1 unspecified atom stereocenters. The SMILES string of the molecule is C=CCC(C)N1CCc2c(C)cccc2C1. The summed E-state index contributed by atoms with van der Waals surface area (Å²) in [5, 5.41) is 0. The highest BCUT2D eigenvalue weighted by molar-refractivity contribution is 5.36. The van der Waals surface area contributed by atoms with E-state index in [2.05, 4.69) is 43.5 Å². The number of hydrogen-bond donors (Lipinski definition) is 0. The second-order valence-electron chi connectivity index (χ2n) is 4.81. The van der Waals surface area contributed by atoms with E-state index in [-0.39, 0.29) is 0 Å². The lowest BCUT2D eigenvalue weighted by Crippen LogP contribution is -2.37. The summed E-state index contributed by atoms with van der Waals surface area (Å²) in [5.74, 6) is 0. The predicted molar refractivity (Wildman–Crippen MR) is 69.6 cm³/mol. The van der Waals surface area contributed by atoms with Crippen molar-refractivity contribution in [3.05, 3.63) is 47.5 Å². The molecule has 0 saturated carbocycles. The highest BCUT2D eigenvalue weighted by atomic mass is 15.1. The molecule has 86 valence electrons. The third-order valence-corrected chi connectivity index (χ3v) is 3.66. The van der Waals surface area contributed by atoms with Crippen LogP contribution in [0.5, 0.6) is 0 Å². The van der Waals surface area contributed by atoms with E-state index in [4.69, 9.17) is 0 Å². The Morgan fingerprint density at radius 2 is 2.31 bits per heavy atom. The van der Waals surface area contributed by atoms with Gasteiger partial charge in [0.1, 0.15) is 0 Å². The second kappa shape index (κ2) is 4.84. The Balaban J connectivity index is 2.15. The Morgan fingerprint density at radius 3 is 3.06 bits per heavy atom. The van der Waals surface area contributed by atoms with Gasteiger partial charge in [-0.2, -0.15) is 0 Å². The summed E-state index contributed by atoms with van der Waals surface area (Å²) in [5.41, 5.74) is 4.54. The summed E-state index contributed by atoms with van der Waals surface area (Å²) < 4.78 is 0. The van der Waals surface area contributed by atoms with E-state index in [1.54, 1.807) is 5.56 Å². The molecule has 1 atom stereocenters. The van der Waals surface area contributed by atoms with Crippen LogP contribution in [-0.2, 0) is 13.0 Å². The predicted octanol–water partition coefficient (Wildman–Crippen LogP) is 3.32. The monoisotopic (exact) mass is 215 g/mol.